The molecule has 0 spiro atoms. The van der Waals surface area contributed by atoms with Crippen LogP contribution in [0.25, 0.3) is 11.4 Å². The summed E-state index contributed by atoms with van der Waals surface area (Å²) < 4.78 is 39.4. The predicted molar refractivity (Wildman–Crippen MR) is 138 cm³/mol. The maximum Gasteiger partial charge on any atom is 0.246 e. The molecule has 0 radical (unpaired) electrons. The Hall–Kier alpha value is -2.76. The minimum atomic E-state index is -3.58. The number of hydrogen-bond donors (Lipinski definition) is 0. The summed E-state index contributed by atoms with van der Waals surface area (Å²) in [4.78, 5) is 19.0. The number of rotatable bonds is 9. The molecule has 1 aromatic heterocycles. The van der Waals surface area contributed by atoms with Crippen molar-refractivity contribution in [3.8, 4) is 17.1 Å². The molecule has 36 heavy (non-hydrogen) atoms. The van der Waals surface area contributed by atoms with Crippen molar-refractivity contribution in [3.63, 3.8) is 0 Å². The molecule has 0 saturated carbocycles. The molecule has 9 nitrogen and oxygen atoms in total. The monoisotopic (exact) mass is 576 g/mol. The molecule has 0 bridgehead atoms. The third-order valence-corrected chi connectivity index (χ3v) is 8.55. The minimum Gasteiger partial charge on any atom is -0.496 e. The molecule has 1 amide bonds. The number of aromatic nitrogens is 2. The topological polar surface area (TPSA) is 106 Å². The van der Waals surface area contributed by atoms with Crippen LogP contribution in [0.3, 0.4) is 0 Å². The Morgan fingerprint density at radius 2 is 1.94 bits per heavy atom. The van der Waals surface area contributed by atoms with Gasteiger partial charge >= 0.3 is 0 Å². The van der Waals surface area contributed by atoms with Crippen molar-refractivity contribution in [1.29, 1.82) is 0 Å². The zero-order chi connectivity index (χ0) is 25.7. The zero-order valence-corrected chi connectivity index (χ0v) is 22.7. The number of halogens is 1. The Morgan fingerprint density at radius 3 is 2.67 bits per heavy atom. The largest absolute Gasteiger partial charge is 0.496 e. The quantitative estimate of drug-likeness (QED) is 0.374. The van der Waals surface area contributed by atoms with Crippen LogP contribution in [-0.2, 0) is 27.8 Å². The second-order valence-corrected chi connectivity index (χ2v) is 11.6. The average molecular weight is 578 g/mol. The van der Waals surface area contributed by atoms with Crippen molar-refractivity contribution in [2.75, 3.05) is 27.2 Å². The van der Waals surface area contributed by atoms with Gasteiger partial charge in [-0.25, -0.2) is 8.42 Å². The van der Waals surface area contributed by atoms with E-state index in [1.54, 1.807) is 25.2 Å². The van der Waals surface area contributed by atoms with E-state index in [1.165, 1.54) is 16.3 Å². The van der Waals surface area contributed by atoms with Gasteiger partial charge in [0.2, 0.25) is 27.6 Å². The summed E-state index contributed by atoms with van der Waals surface area (Å²) >= 11 is 3.42. The number of carbonyl (C=O) groups is 1. The minimum absolute atomic E-state index is 0.136. The molecule has 4 rings (SSSR count). The van der Waals surface area contributed by atoms with Crippen LogP contribution in [0.15, 0.2) is 56.4 Å². The lowest BCUT2D eigenvalue weighted by atomic mass is 10.1. The van der Waals surface area contributed by atoms with Crippen LogP contribution in [0.2, 0.25) is 0 Å². The lowest BCUT2D eigenvalue weighted by molar-refractivity contribution is -0.130. The van der Waals surface area contributed by atoms with Crippen molar-refractivity contribution in [1.82, 2.24) is 19.3 Å². The standard InChI is InChI=1S/C25H29BrN4O5S/c1-29(17-23-27-25(28-35-23)19-7-6-8-20(26)15-19)24(31)12-9-18-16-21(10-11-22(18)34-2)36(32,33)30-13-4-3-5-14-30/h6-8,10-11,15-16H,3-5,9,12-14,17H2,1-2H3. The Balaban J connectivity index is 1.40. The Morgan fingerprint density at radius 1 is 1.17 bits per heavy atom. The summed E-state index contributed by atoms with van der Waals surface area (Å²) in [6.45, 7) is 1.23. The molecule has 192 valence electrons. The molecule has 0 aliphatic carbocycles. The second kappa shape index (κ2) is 11.5. The second-order valence-electron chi connectivity index (χ2n) is 8.71. The smallest absolute Gasteiger partial charge is 0.246 e. The van der Waals surface area contributed by atoms with Crippen molar-refractivity contribution in [3.05, 3.63) is 58.4 Å². The maximum atomic E-state index is 13.1. The van der Waals surface area contributed by atoms with Gasteiger partial charge in [0.15, 0.2) is 0 Å². The first-order chi connectivity index (χ1) is 17.3. The first-order valence-electron chi connectivity index (χ1n) is 11.8. The Kier molecular flexibility index (Phi) is 8.43. The predicted octanol–water partition coefficient (Wildman–Crippen LogP) is 4.27. The number of ether oxygens (including phenoxy) is 1. The summed E-state index contributed by atoms with van der Waals surface area (Å²) in [6, 6.07) is 12.4. The summed E-state index contributed by atoms with van der Waals surface area (Å²) in [5, 5.41) is 4.01. The number of benzene rings is 2. The highest BCUT2D eigenvalue weighted by atomic mass is 79.9. The lowest BCUT2D eigenvalue weighted by Crippen LogP contribution is -2.35. The molecule has 1 aliphatic heterocycles. The Bertz CT molecular complexity index is 1320. The first kappa shape index (κ1) is 26.3. The fraction of sp³-hybridized carbons (Fsp3) is 0.400. The van der Waals surface area contributed by atoms with Crippen LogP contribution in [0.5, 0.6) is 5.75 Å². The van der Waals surface area contributed by atoms with Crippen molar-refractivity contribution < 1.29 is 22.5 Å². The number of hydrogen-bond acceptors (Lipinski definition) is 7. The van der Waals surface area contributed by atoms with E-state index in [2.05, 4.69) is 26.1 Å². The van der Waals surface area contributed by atoms with Gasteiger partial charge in [-0.05, 0) is 55.2 Å². The van der Waals surface area contributed by atoms with Crippen molar-refractivity contribution in [2.45, 2.75) is 43.5 Å². The molecular formula is C25H29BrN4O5S. The molecular weight excluding hydrogens is 548 g/mol. The lowest BCUT2D eigenvalue weighted by Gasteiger charge is -2.26. The van der Waals surface area contributed by atoms with Crippen LogP contribution in [-0.4, -0.2) is 60.9 Å². The van der Waals surface area contributed by atoms with Gasteiger partial charge in [-0.1, -0.05) is 39.6 Å². The van der Waals surface area contributed by atoms with Gasteiger partial charge in [0, 0.05) is 36.6 Å². The molecule has 0 atom stereocenters. The zero-order valence-electron chi connectivity index (χ0n) is 20.3. The number of nitrogens with zero attached hydrogens (tertiary/aromatic N) is 4. The number of methoxy groups -OCH3 is 1. The molecule has 0 unspecified atom stereocenters. The van der Waals surface area contributed by atoms with Crippen LogP contribution in [0.4, 0.5) is 0 Å². The maximum absolute atomic E-state index is 13.1. The number of piperidine rings is 1. The average Bonchev–Trinajstić information content (AvgIpc) is 3.36. The third kappa shape index (κ3) is 6.13. The van der Waals surface area contributed by atoms with Gasteiger partial charge in [-0.15, -0.1) is 0 Å². The van der Waals surface area contributed by atoms with Crippen LogP contribution >= 0.6 is 15.9 Å². The van der Waals surface area contributed by atoms with Gasteiger partial charge < -0.3 is 14.2 Å². The van der Waals surface area contributed by atoms with Gasteiger partial charge in [0.25, 0.3) is 0 Å². The normalized spacial score (nSPS) is 14.5. The van der Waals surface area contributed by atoms with Crippen LogP contribution in [0, 0.1) is 0 Å². The summed E-state index contributed by atoms with van der Waals surface area (Å²) in [6.07, 6.45) is 3.29. The van der Waals surface area contributed by atoms with Gasteiger partial charge in [0.05, 0.1) is 18.6 Å². The van der Waals surface area contributed by atoms with E-state index in [0.29, 0.717) is 42.5 Å². The van der Waals surface area contributed by atoms with E-state index in [1.807, 2.05) is 24.3 Å². The van der Waals surface area contributed by atoms with E-state index in [-0.39, 0.29) is 23.8 Å². The molecule has 1 fully saturated rings. The number of aryl methyl sites for hydroxylation is 1. The highest BCUT2D eigenvalue weighted by molar-refractivity contribution is 9.10. The summed E-state index contributed by atoms with van der Waals surface area (Å²) in [5.41, 5.74) is 1.48. The summed E-state index contributed by atoms with van der Waals surface area (Å²) in [7, 11) is -0.378. The molecule has 0 N–H and O–H groups in total. The van der Waals surface area contributed by atoms with Crippen LogP contribution in [0.1, 0.15) is 37.1 Å². The number of carbonyl (C=O) groups excluding carboxylic acids is 1. The van der Waals surface area contributed by atoms with Gasteiger partial charge in [0.1, 0.15) is 5.75 Å². The Labute approximate surface area is 219 Å². The molecule has 11 heteroatoms. The highest BCUT2D eigenvalue weighted by Crippen LogP contribution is 2.27. The van der Waals surface area contributed by atoms with E-state index in [9.17, 15) is 13.2 Å². The van der Waals surface area contributed by atoms with E-state index >= 15 is 0 Å². The number of sulfonamides is 1. The van der Waals surface area contributed by atoms with Gasteiger partial charge in [-0.3, -0.25) is 4.79 Å². The number of amides is 1. The molecule has 3 aromatic rings. The molecule has 2 heterocycles. The van der Waals surface area contributed by atoms with E-state index < -0.39 is 10.0 Å². The molecule has 2 aromatic carbocycles. The van der Waals surface area contributed by atoms with E-state index in [0.717, 1.165) is 29.3 Å². The fourth-order valence-electron chi connectivity index (χ4n) is 4.15. The SMILES string of the molecule is COc1ccc(S(=O)(=O)N2CCCCC2)cc1CCC(=O)N(C)Cc1nc(-c2cccc(Br)c2)no1. The van der Waals surface area contributed by atoms with Crippen LogP contribution < -0.4 is 4.74 Å². The summed E-state index contributed by atoms with van der Waals surface area (Å²) in [5.74, 6) is 1.19. The van der Waals surface area contributed by atoms with Gasteiger partial charge in [-0.2, -0.15) is 9.29 Å². The molecule has 1 aliphatic rings. The highest BCUT2D eigenvalue weighted by Gasteiger charge is 2.27. The van der Waals surface area contributed by atoms with E-state index in [4.69, 9.17) is 9.26 Å². The first-order valence-corrected chi connectivity index (χ1v) is 14.0. The van der Waals surface area contributed by atoms with Crippen molar-refractivity contribution >= 4 is 31.9 Å². The fourth-order valence-corrected chi connectivity index (χ4v) is 6.12. The van der Waals surface area contributed by atoms with Crippen molar-refractivity contribution in [2.24, 2.45) is 0 Å². The third-order valence-electron chi connectivity index (χ3n) is 6.16. The molecule has 1 saturated heterocycles.